The molecule has 1 aromatic rings. The van der Waals surface area contributed by atoms with Gasteiger partial charge in [0.15, 0.2) is 0 Å². The number of benzene rings is 1. The van der Waals surface area contributed by atoms with Gasteiger partial charge in [-0.3, -0.25) is 0 Å². The first-order valence-corrected chi connectivity index (χ1v) is 7.44. The minimum absolute atomic E-state index is 0.311. The number of hydrogen-bond acceptors (Lipinski definition) is 3. The first-order valence-electron chi connectivity index (χ1n) is 6.29. The third-order valence-electron chi connectivity index (χ3n) is 2.69. The fraction of sp³-hybridized carbons (Fsp3) is 0.571. The molecule has 0 saturated carbocycles. The largest absolute Gasteiger partial charge is 0.396 e. The van der Waals surface area contributed by atoms with Crippen LogP contribution in [0, 0.1) is 0 Å². The second-order valence-electron chi connectivity index (χ2n) is 4.21. The summed E-state index contributed by atoms with van der Waals surface area (Å²) < 4.78 is 0. The van der Waals surface area contributed by atoms with Crippen molar-refractivity contribution in [2.45, 2.75) is 19.3 Å². The quantitative estimate of drug-likeness (QED) is 0.663. The Morgan fingerprint density at radius 3 is 2.71 bits per heavy atom. The van der Waals surface area contributed by atoms with Gasteiger partial charge < -0.3 is 10.4 Å². The minimum atomic E-state index is 0.311. The summed E-state index contributed by atoms with van der Waals surface area (Å²) in [5.41, 5.74) is 1.40. The Hall–Kier alpha value is -0.510. The van der Waals surface area contributed by atoms with Crippen LogP contribution in [-0.4, -0.2) is 36.3 Å². The molecule has 0 aromatic heterocycles. The maximum Gasteiger partial charge on any atom is 0.0438 e. The van der Waals surface area contributed by atoms with Crippen LogP contribution in [0.25, 0.3) is 0 Å². The molecule has 17 heavy (non-hydrogen) atoms. The van der Waals surface area contributed by atoms with E-state index < -0.39 is 0 Å². The van der Waals surface area contributed by atoms with Gasteiger partial charge in [0.25, 0.3) is 0 Å². The average Bonchev–Trinajstić information content (AvgIpc) is 2.38. The van der Waals surface area contributed by atoms with Crippen LogP contribution in [0.1, 0.15) is 24.8 Å². The minimum Gasteiger partial charge on any atom is -0.396 e. The summed E-state index contributed by atoms with van der Waals surface area (Å²) in [5.74, 6) is 2.76. The summed E-state index contributed by atoms with van der Waals surface area (Å²) in [6, 6.07) is 10.6. The third-order valence-corrected chi connectivity index (χ3v) is 3.76. The third kappa shape index (κ3) is 6.71. The molecule has 0 spiro atoms. The number of aliphatic hydroxyl groups excluding tert-OH is 1. The van der Waals surface area contributed by atoms with Gasteiger partial charge >= 0.3 is 0 Å². The highest BCUT2D eigenvalue weighted by Crippen LogP contribution is 2.12. The van der Waals surface area contributed by atoms with Gasteiger partial charge in [0.1, 0.15) is 0 Å². The average molecular weight is 253 g/mol. The molecule has 1 atom stereocenters. The first kappa shape index (κ1) is 14.6. The summed E-state index contributed by atoms with van der Waals surface area (Å²) >= 11 is 1.90. The zero-order valence-corrected chi connectivity index (χ0v) is 11.4. The number of nitrogens with one attached hydrogen (secondary N) is 1. The van der Waals surface area contributed by atoms with Crippen molar-refractivity contribution in [1.29, 1.82) is 0 Å². The Morgan fingerprint density at radius 2 is 2.00 bits per heavy atom. The Labute approximate surface area is 109 Å². The molecule has 0 heterocycles. The van der Waals surface area contributed by atoms with E-state index in [1.54, 1.807) is 0 Å². The van der Waals surface area contributed by atoms with E-state index >= 15 is 0 Å². The lowest BCUT2D eigenvalue weighted by molar-refractivity contribution is 0.296. The van der Waals surface area contributed by atoms with E-state index in [-0.39, 0.29) is 0 Å². The van der Waals surface area contributed by atoms with Crippen molar-refractivity contribution < 1.29 is 5.11 Å². The molecule has 0 unspecified atom stereocenters. The molecule has 1 rings (SSSR count). The van der Waals surface area contributed by atoms with Gasteiger partial charge in [-0.05, 0) is 23.7 Å². The molecule has 96 valence electrons. The van der Waals surface area contributed by atoms with Crippen molar-refractivity contribution >= 4 is 11.8 Å². The Balaban J connectivity index is 2.03. The van der Waals surface area contributed by atoms with Gasteiger partial charge in [0.2, 0.25) is 0 Å². The number of hydrogen-bond donors (Lipinski definition) is 2. The second-order valence-corrected chi connectivity index (χ2v) is 5.43. The van der Waals surface area contributed by atoms with Gasteiger partial charge in [-0.25, -0.2) is 0 Å². The van der Waals surface area contributed by atoms with Crippen molar-refractivity contribution in [3.05, 3.63) is 35.9 Å². The van der Waals surface area contributed by atoms with E-state index in [9.17, 15) is 0 Å². The molecule has 3 heteroatoms. The van der Waals surface area contributed by atoms with E-state index in [2.05, 4.69) is 42.6 Å². The zero-order chi connectivity index (χ0) is 12.3. The predicted molar refractivity (Wildman–Crippen MR) is 76.8 cm³/mol. The van der Waals surface area contributed by atoms with Gasteiger partial charge in [0, 0.05) is 25.4 Å². The van der Waals surface area contributed by atoms with Crippen molar-refractivity contribution in [1.82, 2.24) is 5.32 Å². The maximum absolute atomic E-state index is 8.64. The van der Waals surface area contributed by atoms with Crippen molar-refractivity contribution in [2.24, 2.45) is 0 Å². The molecule has 0 amide bonds. The lowest BCUT2D eigenvalue weighted by Crippen LogP contribution is -2.22. The van der Waals surface area contributed by atoms with Crippen LogP contribution < -0.4 is 5.32 Å². The molecule has 0 fully saturated rings. The first-order chi connectivity index (χ1) is 8.34. The van der Waals surface area contributed by atoms with Gasteiger partial charge in [0.05, 0.1) is 0 Å². The summed E-state index contributed by atoms with van der Waals surface area (Å²) in [7, 11) is 0. The van der Waals surface area contributed by atoms with Crippen molar-refractivity contribution in [3.63, 3.8) is 0 Å². The van der Waals surface area contributed by atoms with Crippen LogP contribution in [0.5, 0.6) is 0 Å². The SMILES string of the molecule is C[C@@H](CNCCSCCCO)c1ccccc1. The zero-order valence-electron chi connectivity index (χ0n) is 10.6. The molecule has 2 nitrogen and oxygen atoms in total. The molecule has 0 bridgehead atoms. The number of thioether (sulfide) groups is 1. The van der Waals surface area contributed by atoms with Crippen molar-refractivity contribution in [2.75, 3.05) is 31.2 Å². The summed E-state index contributed by atoms with van der Waals surface area (Å²) in [4.78, 5) is 0. The summed E-state index contributed by atoms with van der Waals surface area (Å²) in [6.45, 7) is 4.64. The standard InChI is InChI=1S/C14H23NOS/c1-13(14-6-3-2-4-7-14)12-15-8-11-17-10-5-9-16/h2-4,6-7,13,15-16H,5,8-12H2,1H3/t13-/m0/s1. The molecule has 0 saturated heterocycles. The molecule has 0 radical (unpaired) electrons. The van der Waals surface area contributed by atoms with Crippen LogP contribution >= 0.6 is 11.8 Å². The van der Waals surface area contributed by atoms with Crippen molar-refractivity contribution in [3.8, 4) is 0 Å². The molecular weight excluding hydrogens is 230 g/mol. The summed E-state index contributed by atoms with van der Waals surface area (Å²) in [6.07, 6.45) is 0.908. The number of aliphatic hydroxyl groups is 1. The monoisotopic (exact) mass is 253 g/mol. The van der Waals surface area contributed by atoms with Crippen LogP contribution in [0.3, 0.4) is 0 Å². The fourth-order valence-corrected chi connectivity index (χ4v) is 2.46. The molecule has 0 aliphatic carbocycles. The fourth-order valence-electron chi connectivity index (χ4n) is 1.63. The topological polar surface area (TPSA) is 32.3 Å². The Bertz CT molecular complexity index is 279. The highest BCUT2D eigenvalue weighted by Gasteiger charge is 2.03. The smallest absolute Gasteiger partial charge is 0.0438 e. The van der Waals surface area contributed by atoms with E-state index in [0.29, 0.717) is 12.5 Å². The molecule has 0 aliphatic heterocycles. The molecule has 2 N–H and O–H groups in total. The van der Waals surface area contributed by atoms with Crippen LogP contribution in [0.4, 0.5) is 0 Å². The highest BCUT2D eigenvalue weighted by molar-refractivity contribution is 7.99. The normalized spacial score (nSPS) is 12.6. The van der Waals surface area contributed by atoms with Crippen LogP contribution in [0.2, 0.25) is 0 Å². The van der Waals surface area contributed by atoms with Crippen LogP contribution in [0.15, 0.2) is 30.3 Å². The Kier molecular flexibility index (Phi) is 8.14. The van der Waals surface area contributed by atoms with E-state index in [0.717, 1.165) is 31.0 Å². The highest BCUT2D eigenvalue weighted by atomic mass is 32.2. The van der Waals surface area contributed by atoms with E-state index in [1.807, 2.05) is 11.8 Å². The van der Waals surface area contributed by atoms with E-state index in [4.69, 9.17) is 5.11 Å². The Morgan fingerprint density at radius 1 is 1.24 bits per heavy atom. The van der Waals surface area contributed by atoms with Crippen LogP contribution in [-0.2, 0) is 0 Å². The van der Waals surface area contributed by atoms with E-state index in [1.165, 1.54) is 5.56 Å². The molecular formula is C14H23NOS. The number of rotatable bonds is 9. The molecule has 0 aliphatic rings. The maximum atomic E-state index is 8.64. The van der Waals surface area contributed by atoms with Gasteiger partial charge in [-0.15, -0.1) is 0 Å². The lowest BCUT2D eigenvalue weighted by Gasteiger charge is -2.12. The van der Waals surface area contributed by atoms with Gasteiger partial charge in [-0.2, -0.15) is 11.8 Å². The molecule has 1 aromatic carbocycles. The lowest BCUT2D eigenvalue weighted by atomic mass is 10.0. The second kappa shape index (κ2) is 9.51. The predicted octanol–water partition coefficient (Wildman–Crippen LogP) is 2.50. The van der Waals surface area contributed by atoms with Gasteiger partial charge in [-0.1, -0.05) is 37.3 Å². The summed E-state index contributed by atoms with van der Waals surface area (Å²) in [5, 5.41) is 12.1.